The Labute approximate surface area is 129 Å². The second kappa shape index (κ2) is 6.86. The van der Waals surface area contributed by atoms with Crippen LogP contribution >= 0.6 is 0 Å². The Morgan fingerprint density at radius 1 is 1.22 bits per heavy atom. The summed E-state index contributed by atoms with van der Waals surface area (Å²) in [5.74, 6) is -3.81. The standard InChI is InChI=1S/C12H11F3O7S/c1-3-21-11(17)10(16)8-5-4-7(20-2)6-9(8)22-23(18,19)12(13,14)15/h4-6H,3H2,1-2H3. The Morgan fingerprint density at radius 2 is 1.83 bits per heavy atom. The summed E-state index contributed by atoms with van der Waals surface area (Å²) in [5, 5.41) is 0. The summed E-state index contributed by atoms with van der Waals surface area (Å²) < 4.78 is 72.4. The SMILES string of the molecule is CCOC(=O)C(=O)c1ccc(OC)cc1OS(=O)(=O)C(F)(F)F. The van der Waals surface area contributed by atoms with E-state index >= 15 is 0 Å². The lowest BCUT2D eigenvalue weighted by atomic mass is 10.1. The van der Waals surface area contributed by atoms with Gasteiger partial charge in [0.2, 0.25) is 0 Å². The van der Waals surface area contributed by atoms with E-state index in [9.17, 15) is 31.2 Å². The third-order valence-corrected chi connectivity index (χ3v) is 3.34. The maximum absolute atomic E-state index is 12.4. The first kappa shape index (κ1) is 18.7. The van der Waals surface area contributed by atoms with Gasteiger partial charge >= 0.3 is 21.6 Å². The maximum atomic E-state index is 12.4. The van der Waals surface area contributed by atoms with Gasteiger partial charge in [0, 0.05) is 6.07 Å². The van der Waals surface area contributed by atoms with Gasteiger partial charge in [-0.1, -0.05) is 0 Å². The minimum Gasteiger partial charge on any atom is -0.497 e. The number of ketones is 1. The molecule has 7 nitrogen and oxygen atoms in total. The average Bonchev–Trinajstić information content (AvgIpc) is 2.45. The topological polar surface area (TPSA) is 96.0 Å². The third-order valence-electron chi connectivity index (χ3n) is 2.38. The van der Waals surface area contributed by atoms with Gasteiger partial charge < -0.3 is 13.7 Å². The molecule has 1 aromatic rings. The maximum Gasteiger partial charge on any atom is 0.534 e. The van der Waals surface area contributed by atoms with E-state index in [1.54, 1.807) is 0 Å². The molecule has 0 fully saturated rings. The van der Waals surface area contributed by atoms with E-state index in [0.29, 0.717) is 0 Å². The fourth-order valence-corrected chi connectivity index (χ4v) is 1.83. The molecular formula is C12H11F3O7S. The number of ether oxygens (including phenoxy) is 2. The molecule has 0 aliphatic carbocycles. The highest BCUT2D eigenvalue weighted by atomic mass is 32.2. The molecule has 0 aromatic heterocycles. The predicted octanol–water partition coefficient (Wildman–Crippen LogP) is 1.67. The van der Waals surface area contributed by atoms with Crippen molar-refractivity contribution >= 4 is 21.9 Å². The van der Waals surface area contributed by atoms with E-state index < -0.39 is 38.7 Å². The number of halogens is 3. The molecule has 0 aliphatic heterocycles. The van der Waals surface area contributed by atoms with Crippen LogP contribution in [0.3, 0.4) is 0 Å². The minimum absolute atomic E-state index is 0.0854. The summed E-state index contributed by atoms with van der Waals surface area (Å²) in [6.45, 7) is 1.25. The van der Waals surface area contributed by atoms with Crippen LogP contribution in [0, 0.1) is 0 Å². The van der Waals surface area contributed by atoms with Crippen LogP contribution in [0.25, 0.3) is 0 Å². The van der Waals surface area contributed by atoms with Gasteiger partial charge in [-0.2, -0.15) is 21.6 Å². The Balaban J connectivity index is 3.34. The molecule has 128 valence electrons. The second-order valence-electron chi connectivity index (χ2n) is 3.89. The van der Waals surface area contributed by atoms with Crippen LogP contribution < -0.4 is 8.92 Å². The van der Waals surface area contributed by atoms with Crippen molar-refractivity contribution in [3.63, 3.8) is 0 Å². The number of Topliss-reactive ketones (excluding diaryl/α,β-unsaturated/α-hetero) is 1. The van der Waals surface area contributed by atoms with E-state index in [2.05, 4.69) is 8.92 Å². The Kier molecular flexibility index (Phi) is 5.59. The van der Waals surface area contributed by atoms with Crippen LogP contribution in [-0.2, 0) is 19.6 Å². The molecule has 0 amide bonds. The molecule has 0 aliphatic rings. The molecule has 0 saturated heterocycles. The number of rotatable bonds is 6. The number of carbonyl (C=O) groups excluding carboxylic acids is 2. The molecule has 1 rings (SSSR count). The second-order valence-corrected chi connectivity index (χ2v) is 5.43. The van der Waals surface area contributed by atoms with Gasteiger partial charge in [-0.15, -0.1) is 0 Å². The van der Waals surface area contributed by atoms with E-state index in [4.69, 9.17) is 4.74 Å². The number of esters is 1. The quantitative estimate of drug-likeness (QED) is 0.251. The van der Waals surface area contributed by atoms with Gasteiger partial charge in [0.05, 0.1) is 19.3 Å². The zero-order chi connectivity index (χ0) is 17.8. The van der Waals surface area contributed by atoms with Crippen LogP contribution in [0.5, 0.6) is 11.5 Å². The van der Waals surface area contributed by atoms with Crippen molar-refractivity contribution < 1.29 is 44.8 Å². The predicted molar refractivity (Wildman–Crippen MR) is 69.6 cm³/mol. The summed E-state index contributed by atoms with van der Waals surface area (Å²) in [7, 11) is -4.87. The third kappa shape index (κ3) is 4.34. The van der Waals surface area contributed by atoms with Gasteiger partial charge in [0.1, 0.15) is 5.75 Å². The van der Waals surface area contributed by atoms with Crippen LogP contribution in [-0.4, -0.2) is 39.4 Å². The van der Waals surface area contributed by atoms with Crippen LogP contribution in [0.1, 0.15) is 17.3 Å². The first-order valence-corrected chi connectivity index (χ1v) is 7.34. The normalized spacial score (nSPS) is 11.7. The minimum atomic E-state index is -6.03. The largest absolute Gasteiger partial charge is 0.534 e. The molecule has 0 heterocycles. The molecule has 0 atom stereocenters. The molecule has 0 saturated carbocycles. The Bertz CT molecular complexity index is 710. The lowest BCUT2D eigenvalue weighted by molar-refractivity contribution is -0.137. The zero-order valence-corrected chi connectivity index (χ0v) is 12.7. The van der Waals surface area contributed by atoms with E-state index in [1.807, 2.05) is 0 Å². The molecular weight excluding hydrogens is 345 g/mol. The van der Waals surface area contributed by atoms with Crippen molar-refractivity contribution in [2.75, 3.05) is 13.7 Å². The molecule has 1 aromatic carbocycles. The highest BCUT2D eigenvalue weighted by molar-refractivity contribution is 7.88. The monoisotopic (exact) mass is 356 g/mol. The lowest BCUT2D eigenvalue weighted by Gasteiger charge is -2.13. The summed E-state index contributed by atoms with van der Waals surface area (Å²) in [4.78, 5) is 23.2. The van der Waals surface area contributed by atoms with Crippen molar-refractivity contribution in [3.8, 4) is 11.5 Å². The van der Waals surface area contributed by atoms with E-state index in [0.717, 1.165) is 25.3 Å². The fraction of sp³-hybridized carbons (Fsp3) is 0.333. The van der Waals surface area contributed by atoms with Crippen LogP contribution in [0.4, 0.5) is 13.2 Å². The van der Waals surface area contributed by atoms with Crippen molar-refractivity contribution in [2.24, 2.45) is 0 Å². The van der Waals surface area contributed by atoms with Gasteiger partial charge in [-0.05, 0) is 19.1 Å². The molecule has 0 spiro atoms. The van der Waals surface area contributed by atoms with Gasteiger partial charge in [-0.3, -0.25) is 4.79 Å². The van der Waals surface area contributed by atoms with Crippen LogP contribution in [0.15, 0.2) is 18.2 Å². The first-order chi connectivity index (χ1) is 10.5. The van der Waals surface area contributed by atoms with Crippen molar-refractivity contribution in [3.05, 3.63) is 23.8 Å². The van der Waals surface area contributed by atoms with Crippen molar-refractivity contribution in [2.45, 2.75) is 12.4 Å². The summed E-state index contributed by atoms with van der Waals surface area (Å²) in [6.07, 6.45) is 0. The number of carbonyl (C=O) groups is 2. The Morgan fingerprint density at radius 3 is 2.30 bits per heavy atom. The summed E-state index contributed by atoms with van der Waals surface area (Å²) >= 11 is 0. The van der Waals surface area contributed by atoms with Crippen molar-refractivity contribution in [1.29, 1.82) is 0 Å². The molecule has 23 heavy (non-hydrogen) atoms. The first-order valence-electron chi connectivity index (χ1n) is 5.93. The van der Waals surface area contributed by atoms with Gasteiger partial charge in [-0.25, -0.2) is 4.79 Å². The number of benzene rings is 1. The van der Waals surface area contributed by atoms with Gasteiger partial charge in [0.25, 0.3) is 5.78 Å². The lowest BCUT2D eigenvalue weighted by Crippen LogP contribution is -2.29. The summed E-state index contributed by atoms with van der Waals surface area (Å²) in [5.41, 5.74) is -6.42. The highest BCUT2D eigenvalue weighted by Crippen LogP contribution is 2.31. The number of alkyl halides is 3. The summed E-state index contributed by atoms with van der Waals surface area (Å²) in [6, 6.07) is 2.76. The molecule has 0 bridgehead atoms. The van der Waals surface area contributed by atoms with E-state index in [-0.39, 0.29) is 12.4 Å². The number of hydrogen-bond acceptors (Lipinski definition) is 7. The Hall–Kier alpha value is -2.30. The smallest absolute Gasteiger partial charge is 0.497 e. The van der Waals surface area contributed by atoms with Crippen LogP contribution in [0.2, 0.25) is 0 Å². The fourth-order valence-electron chi connectivity index (χ4n) is 1.36. The van der Waals surface area contributed by atoms with Gasteiger partial charge in [0.15, 0.2) is 5.75 Å². The van der Waals surface area contributed by atoms with Crippen molar-refractivity contribution in [1.82, 2.24) is 0 Å². The average molecular weight is 356 g/mol. The molecule has 0 radical (unpaired) electrons. The number of methoxy groups -OCH3 is 1. The van der Waals surface area contributed by atoms with E-state index in [1.165, 1.54) is 6.92 Å². The highest BCUT2D eigenvalue weighted by Gasteiger charge is 2.49. The number of hydrogen-bond donors (Lipinski definition) is 0. The molecule has 0 N–H and O–H groups in total. The zero-order valence-electron chi connectivity index (χ0n) is 11.8. The molecule has 11 heteroatoms. The molecule has 0 unspecified atom stereocenters.